The summed E-state index contributed by atoms with van der Waals surface area (Å²) in [7, 11) is 1.29. The number of carbonyl (C=O) groups is 1. The molecule has 0 unspecified atom stereocenters. The molecule has 16 heavy (non-hydrogen) atoms. The van der Waals surface area contributed by atoms with Gasteiger partial charge in [-0.1, -0.05) is 0 Å². The van der Waals surface area contributed by atoms with Crippen molar-refractivity contribution in [3.63, 3.8) is 0 Å². The first kappa shape index (κ1) is 10.8. The lowest BCUT2D eigenvalue weighted by Crippen LogP contribution is -2.23. The lowest BCUT2D eigenvalue weighted by atomic mass is 10.1. The van der Waals surface area contributed by atoms with E-state index >= 15 is 0 Å². The number of alkyl halides is 3. The zero-order valence-electron chi connectivity index (χ0n) is 8.30. The van der Waals surface area contributed by atoms with Gasteiger partial charge in [-0.2, -0.15) is 13.2 Å². The van der Waals surface area contributed by atoms with E-state index in [2.05, 4.69) is 0 Å². The van der Waals surface area contributed by atoms with Gasteiger partial charge >= 0.3 is 6.18 Å². The summed E-state index contributed by atoms with van der Waals surface area (Å²) in [4.78, 5) is 12.3. The summed E-state index contributed by atoms with van der Waals surface area (Å²) < 4.78 is 38.0. The van der Waals surface area contributed by atoms with Crippen LogP contribution in [0, 0.1) is 0 Å². The number of aromatic hydroxyl groups is 1. The third-order valence-corrected chi connectivity index (χ3v) is 2.53. The van der Waals surface area contributed by atoms with Crippen LogP contribution in [0.5, 0.6) is 5.75 Å². The third kappa shape index (κ3) is 1.50. The number of halogens is 3. The van der Waals surface area contributed by atoms with E-state index in [1.54, 1.807) is 0 Å². The van der Waals surface area contributed by atoms with Gasteiger partial charge in [0.15, 0.2) is 0 Å². The Kier molecular flexibility index (Phi) is 2.11. The molecule has 1 N–H and O–H groups in total. The molecule has 86 valence electrons. The number of fused-ring (bicyclic) bond motifs is 1. The van der Waals surface area contributed by atoms with Crippen LogP contribution >= 0.6 is 0 Å². The zero-order valence-corrected chi connectivity index (χ0v) is 8.30. The van der Waals surface area contributed by atoms with Crippen molar-refractivity contribution in [3.05, 3.63) is 23.3 Å². The highest BCUT2D eigenvalue weighted by molar-refractivity contribution is 6.02. The van der Waals surface area contributed by atoms with Crippen LogP contribution in [0.3, 0.4) is 0 Å². The Morgan fingerprint density at radius 1 is 1.38 bits per heavy atom. The van der Waals surface area contributed by atoms with Gasteiger partial charge < -0.3 is 10.0 Å². The molecule has 3 nitrogen and oxygen atoms in total. The topological polar surface area (TPSA) is 40.5 Å². The molecular formula is C10H8F3NO2. The molecule has 0 atom stereocenters. The molecular weight excluding hydrogens is 223 g/mol. The number of anilines is 1. The van der Waals surface area contributed by atoms with Gasteiger partial charge in [0, 0.05) is 7.05 Å². The molecule has 0 fully saturated rings. The summed E-state index contributed by atoms with van der Waals surface area (Å²) in [5.74, 6) is -0.889. The largest absolute Gasteiger partial charge is 0.508 e. The number of benzene rings is 1. The highest BCUT2D eigenvalue weighted by atomic mass is 19.4. The molecule has 0 bridgehead atoms. The van der Waals surface area contributed by atoms with E-state index in [1.807, 2.05) is 0 Å². The molecule has 2 rings (SSSR count). The second kappa shape index (κ2) is 3.13. The lowest BCUT2D eigenvalue weighted by molar-refractivity contribution is -0.137. The molecule has 0 aliphatic carbocycles. The summed E-state index contributed by atoms with van der Waals surface area (Å²) in [5, 5.41) is 9.18. The Balaban J connectivity index is 2.68. The predicted octanol–water partition coefficient (Wildman–Crippen LogP) is 1.93. The predicted molar refractivity (Wildman–Crippen MR) is 50.2 cm³/mol. The number of nitrogens with zero attached hydrogens (tertiary/aromatic N) is 1. The van der Waals surface area contributed by atoms with Gasteiger partial charge in [0.25, 0.3) is 0 Å². The van der Waals surface area contributed by atoms with Gasteiger partial charge in [-0.05, 0) is 17.7 Å². The normalized spacial score (nSPS) is 15.5. The van der Waals surface area contributed by atoms with Crippen molar-refractivity contribution in [2.75, 3.05) is 11.9 Å². The fourth-order valence-corrected chi connectivity index (χ4v) is 1.83. The van der Waals surface area contributed by atoms with Crippen LogP contribution in [-0.2, 0) is 17.4 Å². The smallest absolute Gasteiger partial charge is 0.418 e. The Morgan fingerprint density at radius 2 is 2.00 bits per heavy atom. The maximum atomic E-state index is 12.7. The molecule has 0 aromatic heterocycles. The number of phenolic OH excluding ortho intramolecular Hbond substituents is 1. The second-order valence-corrected chi connectivity index (χ2v) is 3.63. The molecule has 1 amide bonds. The van der Waals surface area contributed by atoms with Gasteiger partial charge in [0.05, 0.1) is 17.7 Å². The Hall–Kier alpha value is -1.72. The molecule has 0 spiro atoms. The molecule has 0 saturated heterocycles. The molecule has 1 aromatic rings. The third-order valence-electron chi connectivity index (χ3n) is 2.53. The highest BCUT2D eigenvalue weighted by Gasteiger charge is 2.39. The van der Waals surface area contributed by atoms with Crippen LogP contribution in [0.2, 0.25) is 0 Å². The van der Waals surface area contributed by atoms with E-state index < -0.39 is 23.4 Å². The number of likely N-dealkylation sites (N-methyl/N-ethyl adjacent to an activating group) is 1. The number of carbonyl (C=O) groups excluding carboxylic acids is 1. The average molecular weight is 231 g/mol. The summed E-state index contributed by atoms with van der Waals surface area (Å²) in [6.07, 6.45) is -4.69. The SMILES string of the molecule is CN1C(=O)Cc2cc(O)cc(C(F)(F)F)c21. The maximum Gasteiger partial charge on any atom is 0.418 e. The van der Waals surface area contributed by atoms with Crippen LogP contribution in [-0.4, -0.2) is 18.1 Å². The van der Waals surface area contributed by atoms with Gasteiger partial charge in [0.1, 0.15) is 5.75 Å². The number of rotatable bonds is 0. The lowest BCUT2D eigenvalue weighted by Gasteiger charge is -2.17. The average Bonchev–Trinajstić information content (AvgIpc) is 2.39. The fourth-order valence-electron chi connectivity index (χ4n) is 1.83. The van der Waals surface area contributed by atoms with Crippen molar-refractivity contribution >= 4 is 11.6 Å². The van der Waals surface area contributed by atoms with Crippen molar-refractivity contribution < 1.29 is 23.1 Å². The van der Waals surface area contributed by atoms with Crippen molar-refractivity contribution in [2.24, 2.45) is 0 Å². The minimum absolute atomic E-state index is 0.108. The van der Waals surface area contributed by atoms with Crippen LogP contribution in [0.1, 0.15) is 11.1 Å². The van der Waals surface area contributed by atoms with E-state index in [9.17, 15) is 23.1 Å². The molecule has 1 heterocycles. The van der Waals surface area contributed by atoms with Crippen molar-refractivity contribution in [1.29, 1.82) is 0 Å². The summed E-state index contributed by atoms with van der Waals surface area (Å²) in [5.41, 5.74) is -0.925. The quantitative estimate of drug-likeness (QED) is 0.741. The van der Waals surface area contributed by atoms with Crippen LogP contribution in [0.4, 0.5) is 18.9 Å². The van der Waals surface area contributed by atoms with Crippen molar-refractivity contribution in [1.82, 2.24) is 0 Å². The van der Waals surface area contributed by atoms with Crippen LogP contribution < -0.4 is 4.90 Å². The summed E-state index contributed by atoms with van der Waals surface area (Å²) in [6.45, 7) is 0. The Morgan fingerprint density at radius 3 is 2.56 bits per heavy atom. The van der Waals surface area contributed by atoms with E-state index in [-0.39, 0.29) is 17.7 Å². The number of amides is 1. The molecule has 0 saturated carbocycles. The maximum absolute atomic E-state index is 12.7. The molecule has 0 radical (unpaired) electrons. The molecule has 1 aliphatic heterocycles. The highest BCUT2D eigenvalue weighted by Crippen LogP contribution is 2.43. The summed E-state index contributed by atoms with van der Waals surface area (Å²) >= 11 is 0. The first-order valence-electron chi connectivity index (χ1n) is 4.50. The first-order valence-corrected chi connectivity index (χ1v) is 4.50. The monoisotopic (exact) mass is 231 g/mol. The first-order chi connectivity index (χ1) is 7.30. The van der Waals surface area contributed by atoms with Gasteiger partial charge in [0.2, 0.25) is 5.91 Å². The minimum atomic E-state index is -4.58. The zero-order chi connectivity index (χ0) is 12.1. The summed E-state index contributed by atoms with van der Waals surface area (Å²) in [6, 6.07) is 1.82. The molecule has 6 heteroatoms. The van der Waals surface area contributed by atoms with E-state index in [0.29, 0.717) is 6.07 Å². The molecule has 1 aromatic carbocycles. The van der Waals surface area contributed by atoms with Gasteiger partial charge in [-0.25, -0.2) is 0 Å². The van der Waals surface area contributed by atoms with Gasteiger partial charge in [-0.3, -0.25) is 4.79 Å². The van der Waals surface area contributed by atoms with Crippen LogP contribution in [0.25, 0.3) is 0 Å². The minimum Gasteiger partial charge on any atom is -0.508 e. The van der Waals surface area contributed by atoms with E-state index in [4.69, 9.17) is 0 Å². The van der Waals surface area contributed by atoms with E-state index in [0.717, 1.165) is 4.90 Å². The van der Waals surface area contributed by atoms with Crippen molar-refractivity contribution in [3.8, 4) is 5.75 Å². The number of hydrogen-bond donors (Lipinski definition) is 1. The van der Waals surface area contributed by atoms with Crippen molar-refractivity contribution in [2.45, 2.75) is 12.6 Å². The number of hydrogen-bond acceptors (Lipinski definition) is 2. The molecule has 1 aliphatic rings. The second-order valence-electron chi connectivity index (χ2n) is 3.63. The fraction of sp³-hybridized carbons (Fsp3) is 0.300. The van der Waals surface area contributed by atoms with Crippen LogP contribution in [0.15, 0.2) is 12.1 Å². The van der Waals surface area contributed by atoms with E-state index in [1.165, 1.54) is 13.1 Å². The Bertz CT molecular complexity index is 468. The van der Waals surface area contributed by atoms with Gasteiger partial charge in [-0.15, -0.1) is 0 Å². The number of phenols is 1. The standard InChI is InChI=1S/C10H8F3NO2/c1-14-8(16)3-5-2-6(15)4-7(9(5)14)10(11,12)13/h2,4,15H,3H2,1H3. The Labute approximate surface area is 89.1 Å².